The average Bonchev–Trinajstić information content (AvgIpc) is 2.69. The molecule has 0 saturated carbocycles. The highest BCUT2D eigenvalue weighted by Gasteiger charge is 2.18. The van der Waals surface area contributed by atoms with Crippen LogP contribution in [0.1, 0.15) is 42.1 Å². The normalized spacial score (nSPS) is 14.3. The molecule has 1 atom stereocenters. The number of ether oxygens (including phenoxy) is 1. The van der Waals surface area contributed by atoms with Crippen molar-refractivity contribution in [3.63, 3.8) is 0 Å². The van der Waals surface area contributed by atoms with Crippen LogP contribution in [-0.4, -0.2) is 30.3 Å². The van der Waals surface area contributed by atoms with Crippen molar-refractivity contribution in [2.75, 3.05) is 13.7 Å². The molecule has 1 rings (SSSR count). The lowest BCUT2D eigenvalue weighted by Gasteiger charge is -2.21. The minimum atomic E-state index is -0.729. The second-order valence-electron chi connectivity index (χ2n) is 4.63. The second-order valence-corrected chi connectivity index (χ2v) is 4.63. The van der Waals surface area contributed by atoms with Crippen molar-refractivity contribution in [1.29, 1.82) is 0 Å². The van der Waals surface area contributed by atoms with Crippen molar-refractivity contribution in [3.8, 4) is 0 Å². The zero-order valence-electron chi connectivity index (χ0n) is 11.4. The summed E-state index contributed by atoms with van der Waals surface area (Å²) in [6.45, 7) is 6.35. The van der Waals surface area contributed by atoms with E-state index in [0.717, 1.165) is 0 Å². The lowest BCUT2D eigenvalue weighted by atomic mass is 10.0. The van der Waals surface area contributed by atoms with E-state index in [1.807, 2.05) is 6.92 Å². The van der Waals surface area contributed by atoms with Crippen molar-refractivity contribution >= 4 is 5.97 Å². The van der Waals surface area contributed by atoms with Gasteiger partial charge in [0.2, 0.25) is 0 Å². The van der Waals surface area contributed by atoms with E-state index in [-0.39, 0.29) is 0 Å². The van der Waals surface area contributed by atoms with Crippen LogP contribution in [0.2, 0.25) is 0 Å². The van der Waals surface area contributed by atoms with Crippen molar-refractivity contribution in [1.82, 2.24) is 5.32 Å². The monoisotopic (exact) mass is 255 g/mol. The van der Waals surface area contributed by atoms with Gasteiger partial charge in [-0.25, -0.2) is 4.79 Å². The number of esters is 1. The Labute approximate surface area is 107 Å². The SMILES string of the molecule is CCC(C)(O)CNCc1cc(C(=O)OC)c(C)o1. The molecular weight excluding hydrogens is 234 g/mol. The minimum absolute atomic E-state index is 0.400. The molecule has 0 amide bonds. The summed E-state index contributed by atoms with van der Waals surface area (Å²) in [6.07, 6.45) is 0.671. The maximum atomic E-state index is 11.4. The highest BCUT2D eigenvalue weighted by molar-refractivity contribution is 5.90. The number of rotatable bonds is 6. The molecule has 0 bridgehead atoms. The lowest BCUT2D eigenvalue weighted by Crippen LogP contribution is -2.36. The van der Waals surface area contributed by atoms with Gasteiger partial charge < -0.3 is 19.6 Å². The Morgan fingerprint density at radius 1 is 1.61 bits per heavy atom. The smallest absolute Gasteiger partial charge is 0.341 e. The number of aryl methyl sites for hydroxylation is 1. The maximum absolute atomic E-state index is 11.4. The van der Waals surface area contributed by atoms with Crippen LogP contribution in [-0.2, 0) is 11.3 Å². The number of methoxy groups -OCH3 is 1. The molecule has 0 aliphatic carbocycles. The van der Waals surface area contributed by atoms with E-state index < -0.39 is 11.6 Å². The molecule has 1 aromatic heterocycles. The number of furan rings is 1. The largest absolute Gasteiger partial charge is 0.465 e. The summed E-state index contributed by atoms with van der Waals surface area (Å²) >= 11 is 0. The molecule has 1 aromatic rings. The van der Waals surface area contributed by atoms with Crippen LogP contribution in [0.15, 0.2) is 10.5 Å². The molecule has 18 heavy (non-hydrogen) atoms. The Morgan fingerprint density at radius 3 is 2.83 bits per heavy atom. The predicted octanol–water partition coefficient (Wildman–Crippen LogP) is 1.63. The van der Waals surface area contributed by atoms with Gasteiger partial charge in [0.05, 0.1) is 19.3 Å². The summed E-state index contributed by atoms with van der Waals surface area (Å²) < 4.78 is 10.1. The summed E-state index contributed by atoms with van der Waals surface area (Å²) in [7, 11) is 1.34. The Balaban J connectivity index is 2.57. The van der Waals surface area contributed by atoms with E-state index >= 15 is 0 Å². The Hall–Kier alpha value is -1.33. The molecule has 0 aliphatic rings. The molecular formula is C13H21NO4. The first-order valence-corrected chi connectivity index (χ1v) is 6.00. The van der Waals surface area contributed by atoms with E-state index in [0.29, 0.717) is 36.6 Å². The maximum Gasteiger partial charge on any atom is 0.341 e. The van der Waals surface area contributed by atoms with Crippen molar-refractivity contribution < 1.29 is 19.1 Å². The van der Waals surface area contributed by atoms with Crippen LogP contribution < -0.4 is 5.32 Å². The van der Waals surface area contributed by atoms with Crippen molar-refractivity contribution in [2.24, 2.45) is 0 Å². The fourth-order valence-corrected chi connectivity index (χ4v) is 1.52. The quantitative estimate of drug-likeness (QED) is 0.756. The van der Waals surface area contributed by atoms with Crippen LogP contribution in [0.25, 0.3) is 0 Å². The highest BCUT2D eigenvalue weighted by atomic mass is 16.5. The molecule has 0 saturated heterocycles. The third-order valence-electron chi connectivity index (χ3n) is 2.94. The first-order chi connectivity index (χ1) is 8.39. The van der Waals surface area contributed by atoms with E-state index in [4.69, 9.17) is 4.42 Å². The number of hydrogen-bond donors (Lipinski definition) is 2. The molecule has 2 N–H and O–H groups in total. The summed E-state index contributed by atoms with van der Waals surface area (Å²) in [6, 6.07) is 1.66. The number of aliphatic hydroxyl groups is 1. The molecule has 5 heteroatoms. The molecule has 1 heterocycles. The van der Waals surface area contributed by atoms with Gasteiger partial charge in [-0.15, -0.1) is 0 Å². The molecule has 5 nitrogen and oxygen atoms in total. The topological polar surface area (TPSA) is 71.7 Å². The molecule has 0 aliphatic heterocycles. The van der Waals surface area contributed by atoms with Gasteiger partial charge in [-0.1, -0.05) is 6.92 Å². The predicted molar refractivity (Wildman–Crippen MR) is 67.4 cm³/mol. The summed E-state index contributed by atoms with van der Waals surface area (Å²) in [5, 5.41) is 12.9. The fourth-order valence-electron chi connectivity index (χ4n) is 1.52. The van der Waals surface area contributed by atoms with Crippen LogP contribution in [0.3, 0.4) is 0 Å². The van der Waals surface area contributed by atoms with Gasteiger partial charge >= 0.3 is 5.97 Å². The van der Waals surface area contributed by atoms with Crippen molar-refractivity contribution in [2.45, 2.75) is 39.3 Å². The van der Waals surface area contributed by atoms with E-state index in [1.165, 1.54) is 7.11 Å². The lowest BCUT2D eigenvalue weighted by molar-refractivity contribution is 0.0550. The molecule has 102 valence electrons. The van der Waals surface area contributed by atoms with Crippen LogP contribution in [0, 0.1) is 6.92 Å². The summed E-state index contributed by atoms with van der Waals surface area (Å²) in [5.41, 5.74) is -0.288. The van der Waals surface area contributed by atoms with E-state index in [1.54, 1.807) is 19.9 Å². The van der Waals surface area contributed by atoms with Gasteiger partial charge in [0.1, 0.15) is 17.1 Å². The van der Waals surface area contributed by atoms with Crippen molar-refractivity contribution in [3.05, 3.63) is 23.2 Å². The Kier molecular flexibility index (Phi) is 4.93. The fraction of sp³-hybridized carbons (Fsp3) is 0.615. The van der Waals surface area contributed by atoms with Crippen LogP contribution >= 0.6 is 0 Å². The van der Waals surface area contributed by atoms with Gasteiger partial charge in [0.25, 0.3) is 0 Å². The molecule has 0 radical (unpaired) electrons. The van der Waals surface area contributed by atoms with Gasteiger partial charge in [0, 0.05) is 6.54 Å². The first-order valence-electron chi connectivity index (χ1n) is 6.00. The van der Waals surface area contributed by atoms with Gasteiger partial charge in [0.15, 0.2) is 0 Å². The first kappa shape index (κ1) is 14.7. The van der Waals surface area contributed by atoms with E-state index in [9.17, 15) is 9.90 Å². The number of hydrogen-bond acceptors (Lipinski definition) is 5. The van der Waals surface area contributed by atoms with E-state index in [2.05, 4.69) is 10.1 Å². The van der Waals surface area contributed by atoms with Gasteiger partial charge in [-0.3, -0.25) is 0 Å². The zero-order valence-corrected chi connectivity index (χ0v) is 11.4. The number of carbonyl (C=O) groups is 1. The summed E-state index contributed by atoms with van der Waals surface area (Å²) in [5.74, 6) is 0.795. The van der Waals surface area contributed by atoms with Gasteiger partial charge in [-0.05, 0) is 26.3 Å². The number of carbonyl (C=O) groups excluding carboxylic acids is 1. The number of nitrogens with one attached hydrogen (secondary N) is 1. The molecule has 0 fully saturated rings. The highest BCUT2D eigenvalue weighted by Crippen LogP contribution is 2.15. The molecule has 0 aromatic carbocycles. The minimum Gasteiger partial charge on any atom is -0.465 e. The van der Waals surface area contributed by atoms with Crippen LogP contribution in [0.4, 0.5) is 0 Å². The third-order valence-corrected chi connectivity index (χ3v) is 2.94. The Bertz CT molecular complexity index is 409. The second kappa shape index (κ2) is 6.02. The Morgan fingerprint density at radius 2 is 2.28 bits per heavy atom. The molecule has 1 unspecified atom stereocenters. The average molecular weight is 255 g/mol. The van der Waals surface area contributed by atoms with Gasteiger partial charge in [-0.2, -0.15) is 0 Å². The summed E-state index contributed by atoms with van der Waals surface area (Å²) in [4.78, 5) is 11.4. The molecule has 0 spiro atoms. The third kappa shape index (κ3) is 3.85. The zero-order chi connectivity index (χ0) is 13.8. The van der Waals surface area contributed by atoms with Crippen LogP contribution in [0.5, 0.6) is 0 Å². The standard InChI is InChI=1S/C13H21NO4/c1-5-13(3,16)8-14-7-10-6-11(9(2)18-10)12(15)17-4/h6,14,16H,5,7-8H2,1-4H3.